The molecule has 0 aliphatic carbocycles. The number of aromatic nitrogens is 3. The fourth-order valence-corrected chi connectivity index (χ4v) is 4.64. The van der Waals surface area contributed by atoms with Crippen LogP contribution < -0.4 is 13.8 Å². The molecule has 1 unspecified atom stereocenters. The number of hydrogen-bond donors (Lipinski definition) is 1. The highest BCUT2D eigenvalue weighted by Crippen LogP contribution is 2.34. The summed E-state index contributed by atoms with van der Waals surface area (Å²) in [5, 5.41) is 4.09. The van der Waals surface area contributed by atoms with Crippen LogP contribution >= 0.6 is 0 Å². The molecule has 3 aromatic rings. The van der Waals surface area contributed by atoms with Crippen molar-refractivity contribution in [2.75, 3.05) is 10.8 Å². The van der Waals surface area contributed by atoms with Gasteiger partial charge in [-0.25, -0.2) is 4.98 Å². The van der Waals surface area contributed by atoms with Gasteiger partial charge < -0.3 is 9.53 Å². The van der Waals surface area contributed by atoms with E-state index in [1.54, 1.807) is 17.1 Å². The SMILES string of the molecule is O=CC1CN(c2ccc(CCn3cncn3)cc2OCc2ccccc2)S(=O)(=O)N1. The summed E-state index contributed by atoms with van der Waals surface area (Å²) in [4.78, 5) is 15.1. The Balaban J connectivity index is 1.61. The average molecular weight is 427 g/mol. The van der Waals surface area contributed by atoms with Gasteiger partial charge in [0.25, 0.3) is 0 Å². The first-order valence-electron chi connectivity index (χ1n) is 9.42. The highest BCUT2D eigenvalue weighted by Gasteiger charge is 2.36. The molecule has 9 nitrogen and oxygen atoms in total. The molecule has 156 valence electrons. The molecular weight excluding hydrogens is 406 g/mol. The first-order chi connectivity index (χ1) is 14.5. The van der Waals surface area contributed by atoms with Crippen molar-refractivity contribution in [2.24, 2.45) is 0 Å². The van der Waals surface area contributed by atoms with Gasteiger partial charge >= 0.3 is 10.2 Å². The smallest absolute Gasteiger partial charge is 0.302 e. The van der Waals surface area contributed by atoms with Crippen LogP contribution in [0.4, 0.5) is 5.69 Å². The van der Waals surface area contributed by atoms with Gasteiger partial charge in [-0.2, -0.15) is 18.2 Å². The number of aldehydes is 1. The fraction of sp³-hybridized carbons (Fsp3) is 0.250. The van der Waals surface area contributed by atoms with Crippen LogP contribution in [0.1, 0.15) is 11.1 Å². The van der Waals surface area contributed by atoms with E-state index in [-0.39, 0.29) is 6.54 Å². The minimum absolute atomic E-state index is 0.0197. The Bertz CT molecular complexity index is 1100. The van der Waals surface area contributed by atoms with Crippen molar-refractivity contribution in [1.29, 1.82) is 0 Å². The van der Waals surface area contributed by atoms with Crippen LogP contribution in [-0.4, -0.2) is 42.1 Å². The molecule has 10 heteroatoms. The Morgan fingerprint density at radius 2 is 2.00 bits per heavy atom. The molecule has 1 aromatic heterocycles. The molecule has 30 heavy (non-hydrogen) atoms. The molecule has 0 saturated carbocycles. The molecule has 1 N–H and O–H groups in total. The van der Waals surface area contributed by atoms with E-state index in [1.807, 2.05) is 42.5 Å². The fourth-order valence-electron chi connectivity index (χ4n) is 3.23. The second-order valence-electron chi connectivity index (χ2n) is 6.88. The number of hydrogen-bond acceptors (Lipinski definition) is 6. The van der Waals surface area contributed by atoms with Crippen LogP contribution in [0, 0.1) is 0 Å². The predicted molar refractivity (Wildman–Crippen MR) is 110 cm³/mol. The third-order valence-corrected chi connectivity index (χ3v) is 6.27. The van der Waals surface area contributed by atoms with Crippen LogP contribution in [0.5, 0.6) is 5.75 Å². The molecule has 2 aromatic carbocycles. The lowest BCUT2D eigenvalue weighted by Gasteiger charge is -2.21. The molecule has 0 amide bonds. The summed E-state index contributed by atoms with van der Waals surface area (Å²) in [6, 6.07) is 14.2. The highest BCUT2D eigenvalue weighted by atomic mass is 32.2. The van der Waals surface area contributed by atoms with Crippen molar-refractivity contribution in [2.45, 2.75) is 25.6 Å². The van der Waals surface area contributed by atoms with E-state index in [0.717, 1.165) is 11.1 Å². The summed E-state index contributed by atoms with van der Waals surface area (Å²) in [6.07, 6.45) is 4.39. The first-order valence-corrected chi connectivity index (χ1v) is 10.9. The molecule has 0 spiro atoms. The maximum absolute atomic E-state index is 12.5. The monoisotopic (exact) mass is 427 g/mol. The van der Waals surface area contributed by atoms with Gasteiger partial charge in [-0.3, -0.25) is 8.99 Å². The number of carbonyl (C=O) groups excluding carboxylic acids is 1. The summed E-state index contributed by atoms with van der Waals surface area (Å²) in [7, 11) is -3.82. The van der Waals surface area contributed by atoms with Crippen molar-refractivity contribution in [3.05, 3.63) is 72.3 Å². The van der Waals surface area contributed by atoms with E-state index >= 15 is 0 Å². The normalized spacial score (nSPS) is 17.7. The van der Waals surface area contributed by atoms with E-state index in [4.69, 9.17) is 4.74 Å². The zero-order valence-electron chi connectivity index (χ0n) is 16.1. The minimum Gasteiger partial charge on any atom is -0.487 e. The number of carbonyl (C=O) groups is 1. The van der Waals surface area contributed by atoms with Crippen LogP contribution in [0.15, 0.2) is 61.2 Å². The van der Waals surface area contributed by atoms with Crippen molar-refractivity contribution in [3.8, 4) is 5.75 Å². The molecule has 1 atom stereocenters. The number of ether oxygens (including phenoxy) is 1. The number of aryl methyl sites for hydroxylation is 2. The maximum Gasteiger partial charge on any atom is 0.302 e. The molecule has 0 bridgehead atoms. The summed E-state index contributed by atoms with van der Waals surface area (Å²) in [5.74, 6) is 0.437. The van der Waals surface area contributed by atoms with E-state index in [2.05, 4.69) is 14.8 Å². The standard InChI is InChI=1S/C20H21N5O4S/c26-12-18-11-25(30(27,28)23-18)19-7-6-16(8-9-24-15-21-14-22-24)10-20(19)29-13-17-4-2-1-3-5-17/h1-7,10,12,14-15,18,23H,8-9,11,13H2. The van der Waals surface area contributed by atoms with Gasteiger partial charge in [0.05, 0.1) is 18.3 Å². The zero-order valence-corrected chi connectivity index (χ0v) is 16.9. The van der Waals surface area contributed by atoms with Gasteiger partial charge in [0.2, 0.25) is 0 Å². The Labute approximate surface area is 174 Å². The van der Waals surface area contributed by atoms with Crippen LogP contribution in [-0.2, 0) is 34.6 Å². The molecule has 2 heterocycles. The van der Waals surface area contributed by atoms with E-state index < -0.39 is 16.3 Å². The molecule has 1 fully saturated rings. The van der Waals surface area contributed by atoms with Crippen molar-refractivity contribution >= 4 is 22.2 Å². The van der Waals surface area contributed by atoms with E-state index in [1.165, 1.54) is 10.6 Å². The predicted octanol–water partition coefficient (Wildman–Crippen LogP) is 1.32. The number of rotatable bonds is 8. The Hall–Kier alpha value is -3.24. The van der Waals surface area contributed by atoms with Crippen molar-refractivity contribution in [1.82, 2.24) is 19.5 Å². The average Bonchev–Trinajstić information content (AvgIpc) is 3.38. The Morgan fingerprint density at radius 1 is 1.17 bits per heavy atom. The topological polar surface area (TPSA) is 106 Å². The quantitative estimate of drug-likeness (QED) is 0.544. The second-order valence-corrected chi connectivity index (χ2v) is 8.51. The van der Waals surface area contributed by atoms with Crippen LogP contribution in [0.2, 0.25) is 0 Å². The number of anilines is 1. The largest absolute Gasteiger partial charge is 0.487 e. The summed E-state index contributed by atoms with van der Waals surface area (Å²) in [5.41, 5.74) is 2.32. The minimum atomic E-state index is -3.82. The number of nitrogens with one attached hydrogen (secondary N) is 1. The second kappa shape index (κ2) is 8.64. The van der Waals surface area contributed by atoms with Crippen molar-refractivity contribution < 1.29 is 17.9 Å². The third-order valence-electron chi connectivity index (χ3n) is 4.74. The molecule has 4 rings (SSSR count). The van der Waals surface area contributed by atoms with E-state index in [0.29, 0.717) is 37.3 Å². The molecular formula is C20H21N5O4S. The van der Waals surface area contributed by atoms with Gasteiger partial charge in [-0.05, 0) is 29.7 Å². The lowest BCUT2D eigenvalue weighted by Crippen LogP contribution is -2.30. The molecule has 0 radical (unpaired) electrons. The zero-order chi connectivity index (χ0) is 21.0. The number of benzene rings is 2. The summed E-state index contributed by atoms with van der Waals surface area (Å²) in [6.45, 7) is 0.943. The Kier molecular flexibility index (Phi) is 5.77. The molecule has 1 aliphatic rings. The van der Waals surface area contributed by atoms with Crippen LogP contribution in [0.3, 0.4) is 0 Å². The highest BCUT2D eigenvalue weighted by molar-refractivity contribution is 7.91. The van der Waals surface area contributed by atoms with Gasteiger partial charge in [0, 0.05) is 6.54 Å². The molecule has 1 aliphatic heterocycles. The summed E-state index contributed by atoms with van der Waals surface area (Å²) < 4.78 is 36.3. The Morgan fingerprint density at radius 3 is 2.70 bits per heavy atom. The lowest BCUT2D eigenvalue weighted by molar-refractivity contribution is -0.108. The molecule has 1 saturated heterocycles. The summed E-state index contributed by atoms with van der Waals surface area (Å²) >= 11 is 0. The first kappa shape index (κ1) is 20.0. The van der Waals surface area contributed by atoms with Crippen molar-refractivity contribution in [3.63, 3.8) is 0 Å². The van der Waals surface area contributed by atoms with Crippen LogP contribution in [0.25, 0.3) is 0 Å². The van der Waals surface area contributed by atoms with Gasteiger partial charge in [-0.15, -0.1) is 0 Å². The third kappa shape index (κ3) is 4.50. The van der Waals surface area contributed by atoms with E-state index in [9.17, 15) is 13.2 Å². The van der Waals surface area contributed by atoms with Gasteiger partial charge in [0.15, 0.2) is 0 Å². The lowest BCUT2D eigenvalue weighted by atomic mass is 10.1. The number of nitrogens with zero attached hydrogens (tertiary/aromatic N) is 4. The van der Waals surface area contributed by atoms with Gasteiger partial charge in [0.1, 0.15) is 31.3 Å². The van der Waals surface area contributed by atoms with Gasteiger partial charge in [-0.1, -0.05) is 36.4 Å². The maximum atomic E-state index is 12.5.